The van der Waals surface area contributed by atoms with E-state index in [-0.39, 0.29) is 10.9 Å². The number of hydrogen-bond acceptors (Lipinski definition) is 3. The zero-order valence-corrected chi connectivity index (χ0v) is 15.7. The molecule has 0 heterocycles. The van der Waals surface area contributed by atoms with Crippen LogP contribution < -0.4 is 15.8 Å². The molecule has 4 aliphatic rings. The maximum atomic E-state index is 12.2. The van der Waals surface area contributed by atoms with E-state index in [1.54, 1.807) is 12.1 Å². The predicted octanol–water partition coefficient (Wildman–Crippen LogP) is 2.35. The van der Waals surface area contributed by atoms with Gasteiger partial charge in [-0.15, -0.1) is 0 Å². The van der Waals surface area contributed by atoms with Crippen LogP contribution >= 0.6 is 0 Å². The smallest absolute Gasteiger partial charge is 0.315 e. The molecule has 0 unspecified atom stereocenters. The summed E-state index contributed by atoms with van der Waals surface area (Å²) in [7, 11) is -3.68. The summed E-state index contributed by atoms with van der Waals surface area (Å²) in [4.78, 5) is 12.3. The molecule has 1 aromatic rings. The first-order valence-corrected chi connectivity index (χ1v) is 11.0. The summed E-state index contributed by atoms with van der Waals surface area (Å²) in [6, 6.07) is 6.09. The lowest BCUT2D eigenvalue weighted by atomic mass is 9.49. The van der Waals surface area contributed by atoms with E-state index in [0.29, 0.717) is 12.0 Å². The van der Waals surface area contributed by atoms with E-state index >= 15 is 0 Å². The average Bonchev–Trinajstić information content (AvgIpc) is 2.57. The van der Waals surface area contributed by atoms with Gasteiger partial charge in [0.2, 0.25) is 10.0 Å². The minimum atomic E-state index is -3.68. The van der Waals surface area contributed by atoms with Gasteiger partial charge in [-0.2, -0.15) is 0 Å². The van der Waals surface area contributed by atoms with Gasteiger partial charge in [-0.1, -0.05) is 12.1 Å². The second-order valence-electron chi connectivity index (χ2n) is 8.64. The molecule has 0 spiro atoms. The van der Waals surface area contributed by atoms with Crippen molar-refractivity contribution in [2.75, 3.05) is 6.54 Å². The van der Waals surface area contributed by atoms with Gasteiger partial charge in [0.1, 0.15) is 0 Å². The number of nitrogens with two attached hydrogens (primary N) is 1. The van der Waals surface area contributed by atoms with Crippen molar-refractivity contribution in [3.05, 3.63) is 29.8 Å². The molecule has 4 bridgehead atoms. The molecular formula is C19H27N3O3S. The number of carbonyl (C=O) groups excluding carboxylic acids is 1. The Morgan fingerprint density at radius 2 is 1.54 bits per heavy atom. The number of carbonyl (C=O) groups is 1. The van der Waals surface area contributed by atoms with E-state index in [9.17, 15) is 13.2 Å². The summed E-state index contributed by atoms with van der Waals surface area (Å²) in [5.41, 5.74) is 1.16. The molecule has 5 rings (SSSR count). The Morgan fingerprint density at radius 3 is 2.04 bits per heavy atom. The number of rotatable bonds is 5. The van der Waals surface area contributed by atoms with Gasteiger partial charge < -0.3 is 10.6 Å². The van der Waals surface area contributed by atoms with Crippen LogP contribution in [-0.4, -0.2) is 21.0 Å². The molecule has 4 fully saturated rings. The van der Waals surface area contributed by atoms with Gasteiger partial charge in [0.25, 0.3) is 0 Å². The first-order valence-electron chi connectivity index (χ1n) is 9.45. The molecule has 0 saturated heterocycles. The Balaban J connectivity index is 1.27. The second-order valence-corrected chi connectivity index (χ2v) is 10.2. The largest absolute Gasteiger partial charge is 0.338 e. The molecule has 6 nitrogen and oxygen atoms in total. The Morgan fingerprint density at radius 1 is 1.00 bits per heavy atom. The number of sulfonamides is 1. The Labute approximate surface area is 155 Å². The van der Waals surface area contributed by atoms with Gasteiger partial charge in [0.15, 0.2) is 0 Å². The maximum Gasteiger partial charge on any atom is 0.315 e. The highest BCUT2D eigenvalue weighted by Crippen LogP contribution is 2.59. The zero-order chi connectivity index (χ0) is 18.4. The third-order valence-electron chi connectivity index (χ3n) is 6.49. The number of nitrogens with one attached hydrogen (secondary N) is 2. The Kier molecular flexibility index (Phi) is 4.47. The third kappa shape index (κ3) is 3.74. The molecule has 2 amide bonds. The number of amides is 2. The average molecular weight is 378 g/mol. The molecule has 26 heavy (non-hydrogen) atoms. The minimum absolute atomic E-state index is 0.0764. The molecule has 0 aliphatic heterocycles. The molecule has 0 aromatic heterocycles. The standard InChI is InChI=1S/C19H27N3O3S/c20-26(24,25)17-3-1-13(2-4-17)11-21-18(23)22-12-19-8-14-5-15(9-19)7-16(6-14)10-19/h1-4,14-16H,5-12H2,(H2,20,24,25)(H2,21,22,23). The highest BCUT2D eigenvalue weighted by Gasteiger charge is 2.50. The fraction of sp³-hybridized carbons (Fsp3) is 0.632. The monoisotopic (exact) mass is 377 g/mol. The van der Waals surface area contributed by atoms with Crippen molar-refractivity contribution in [3.63, 3.8) is 0 Å². The van der Waals surface area contributed by atoms with Gasteiger partial charge in [-0.3, -0.25) is 0 Å². The van der Waals surface area contributed by atoms with Crippen molar-refractivity contribution in [1.82, 2.24) is 10.6 Å². The van der Waals surface area contributed by atoms with E-state index in [1.165, 1.54) is 50.7 Å². The zero-order valence-electron chi connectivity index (χ0n) is 14.9. The molecule has 142 valence electrons. The van der Waals surface area contributed by atoms with E-state index in [2.05, 4.69) is 10.6 Å². The molecule has 4 N–H and O–H groups in total. The molecular weight excluding hydrogens is 350 g/mol. The summed E-state index contributed by atoms with van der Waals surface area (Å²) in [6.45, 7) is 1.13. The lowest BCUT2D eigenvalue weighted by molar-refractivity contribution is -0.0498. The lowest BCUT2D eigenvalue weighted by Gasteiger charge is -2.56. The number of primary sulfonamides is 1. The van der Waals surface area contributed by atoms with E-state index < -0.39 is 10.0 Å². The number of benzene rings is 1. The van der Waals surface area contributed by atoms with Crippen LogP contribution in [-0.2, 0) is 16.6 Å². The van der Waals surface area contributed by atoms with Gasteiger partial charge in [0, 0.05) is 13.1 Å². The van der Waals surface area contributed by atoms with Gasteiger partial charge >= 0.3 is 6.03 Å². The first-order chi connectivity index (χ1) is 12.3. The number of hydrogen-bond donors (Lipinski definition) is 3. The third-order valence-corrected chi connectivity index (χ3v) is 7.42. The minimum Gasteiger partial charge on any atom is -0.338 e. The Bertz CT molecular complexity index is 753. The number of urea groups is 1. The molecule has 7 heteroatoms. The van der Waals surface area contributed by atoms with Crippen LogP contribution in [0.3, 0.4) is 0 Å². The van der Waals surface area contributed by atoms with Crippen LogP contribution in [0.4, 0.5) is 4.79 Å². The fourth-order valence-electron chi connectivity index (χ4n) is 5.82. The SMILES string of the molecule is NS(=O)(=O)c1ccc(CNC(=O)NCC23CC4CC(CC(C4)C2)C3)cc1. The molecule has 4 aliphatic carbocycles. The van der Waals surface area contributed by atoms with Crippen LogP contribution in [0.2, 0.25) is 0 Å². The molecule has 4 saturated carbocycles. The molecule has 0 radical (unpaired) electrons. The normalized spacial score (nSPS) is 32.4. The second kappa shape index (κ2) is 6.53. The van der Waals surface area contributed by atoms with Crippen LogP contribution in [0.1, 0.15) is 44.1 Å². The maximum absolute atomic E-state index is 12.2. The molecule has 1 aromatic carbocycles. The van der Waals surface area contributed by atoms with Gasteiger partial charge in [0.05, 0.1) is 4.90 Å². The fourth-order valence-corrected chi connectivity index (χ4v) is 6.33. The van der Waals surface area contributed by atoms with Gasteiger partial charge in [-0.05, 0) is 79.4 Å². The summed E-state index contributed by atoms with van der Waals surface area (Å²) in [6.07, 6.45) is 8.02. The summed E-state index contributed by atoms with van der Waals surface area (Å²) >= 11 is 0. The lowest BCUT2D eigenvalue weighted by Crippen LogP contribution is -2.52. The van der Waals surface area contributed by atoms with E-state index in [4.69, 9.17) is 5.14 Å². The van der Waals surface area contributed by atoms with Crippen LogP contribution in [0.5, 0.6) is 0 Å². The van der Waals surface area contributed by atoms with Crippen molar-refractivity contribution < 1.29 is 13.2 Å². The van der Waals surface area contributed by atoms with E-state index in [0.717, 1.165) is 29.9 Å². The van der Waals surface area contributed by atoms with Crippen molar-refractivity contribution in [2.45, 2.75) is 50.0 Å². The Hall–Kier alpha value is -1.60. The summed E-state index contributed by atoms with van der Waals surface area (Å²) < 4.78 is 22.5. The van der Waals surface area contributed by atoms with Crippen LogP contribution in [0.25, 0.3) is 0 Å². The van der Waals surface area contributed by atoms with Crippen LogP contribution in [0.15, 0.2) is 29.2 Å². The molecule has 0 atom stereocenters. The summed E-state index contributed by atoms with van der Waals surface area (Å²) in [5.74, 6) is 2.63. The highest BCUT2D eigenvalue weighted by atomic mass is 32.2. The predicted molar refractivity (Wildman–Crippen MR) is 98.7 cm³/mol. The quantitative estimate of drug-likeness (QED) is 0.734. The first kappa shape index (κ1) is 17.8. The topological polar surface area (TPSA) is 101 Å². The highest BCUT2D eigenvalue weighted by molar-refractivity contribution is 7.89. The van der Waals surface area contributed by atoms with Gasteiger partial charge in [-0.25, -0.2) is 18.4 Å². The van der Waals surface area contributed by atoms with Crippen molar-refractivity contribution >= 4 is 16.1 Å². The van der Waals surface area contributed by atoms with Crippen molar-refractivity contribution in [3.8, 4) is 0 Å². The van der Waals surface area contributed by atoms with E-state index in [1.807, 2.05) is 0 Å². The summed E-state index contributed by atoms with van der Waals surface area (Å²) in [5, 5.41) is 11.0. The van der Waals surface area contributed by atoms with Crippen molar-refractivity contribution in [1.29, 1.82) is 0 Å². The van der Waals surface area contributed by atoms with Crippen molar-refractivity contribution in [2.24, 2.45) is 28.3 Å². The van der Waals surface area contributed by atoms with Crippen LogP contribution in [0, 0.1) is 23.2 Å².